The summed E-state index contributed by atoms with van der Waals surface area (Å²) >= 11 is 0. The Morgan fingerprint density at radius 2 is 1.79 bits per heavy atom. The van der Waals surface area contributed by atoms with Crippen molar-refractivity contribution in [1.82, 2.24) is 9.13 Å². The molecule has 1 heterocycles. The van der Waals surface area contributed by atoms with Gasteiger partial charge in [-0.3, -0.25) is 13.9 Å². The topological polar surface area (TPSA) is 97.8 Å². The molecule has 180 valence electrons. The van der Waals surface area contributed by atoms with E-state index in [1.807, 2.05) is 24.3 Å². The summed E-state index contributed by atoms with van der Waals surface area (Å²) in [5.74, 6) is 0.691. The van der Waals surface area contributed by atoms with Crippen molar-refractivity contribution in [2.45, 2.75) is 39.3 Å². The first-order valence-electron chi connectivity index (χ1n) is 11.0. The van der Waals surface area contributed by atoms with Gasteiger partial charge < -0.3 is 15.2 Å². The van der Waals surface area contributed by atoms with Gasteiger partial charge in [0.1, 0.15) is 17.3 Å². The lowest BCUT2D eigenvalue weighted by atomic mass is 10.0. The number of hydrogen-bond acceptors (Lipinski definition) is 6. The van der Waals surface area contributed by atoms with E-state index in [4.69, 9.17) is 9.84 Å². The number of rotatable bonds is 10. The molecule has 9 heteroatoms. The molecule has 3 rings (SSSR count). The minimum atomic E-state index is -0.563. The highest BCUT2D eigenvalue weighted by molar-refractivity contribution is 5.67. The fourth-order valence-electron chi connectivity index (χ4n) is 3.35. The molecule has 2 aromatic carbocycles. The number of anilines is 1. The smallest absolute Gasteiger partial charge is 0.332 e. The maximum Gasteiger partial charge on any atom is 0.332 e. The number of aliphatic hydroxyl groups is 1. The minimum Gasteiger partial charge on any atom is -0.446 e. The van der Waals surface area contributed by atoms with Gasteiger partial charge in [0, 0.05) is 26.7 Å². The molecule has 2 N–H and O–H groups in total. The fraction of sp³-hybridized carbons (Fsp3) is 0.320. The van der Waals surface area contributed by atoms with E-state index in [9.17, 15) is 14.0 Å². The molecule has 0 unspecified atom stereocenters. The quantitative estimate of drug-likeness (QED) is 0.350. The summed E-state index contributed by atoms with van der Waals surface area (Å²) in [5.41, 5.74) is 0.893. The lowest BCUT2D eigenvalue weighted by Gasteiger charge is -2.15. The van der Waals surface area contributed by atoms with Gasteiger partial charge in [-0.15, -0.1) is 0 Å². The molecule has 0 aliphatic carbocycles. The van der Waals surface area contributed by atoms with Gasteiger partial charge in [0.05, 0.1) is 0 Å². The number of ether oxygens (including phenoxy) is 1. The Balaban J connectivity index is 1.92. The Morgan fingerprint density at radius 3 is 2.41 bits per heavy atom. The maximum absolute atomic E-state index is 13.2. The average molecular weight is 469 g/mol. The summed E-state index contributed by atoms with van der Waals surface area (Å²) in [5, 5.41) is 12.2. The van der Waals surface area contributed by atoms with E-state index in [1.54, 1.807) is 12.1 Å². The van der Waals surface area contributed by atoms with Crippen LogP contribution in [0.4, 0.5) is 15.9 Å². The molecule has 0 bridgehead atoms. The summed E-state index contributed by atoms with van der Waals surface area (Å²) < 4.78 is 21.1. The summed E-state index contributed by atoms with van der Waals surface area (Å²) in [6.45, 7) is 4.32. The van der Waals surface area contributed by atoms with E-state index in [-0.39, 0.29) is 43.4 Å². The third-order valence-corrected chi connectivity index (χ3v) is 5.35. The normalized spacial score (nSPS) is 11.4. The van der Waals surface area contributed by atoms with Crippen molar-refractivity contribution in [3.8, 4) is 5.75 Å². The molecule has 8 nitrogen and oxygen atoms in total. The second-order valence-electron chi connectivity index (χ2n) is 8.13. The zero-order valence-corrected chi connectivity index (χ0v) is 19.5. The number of hydrogen-bond donors (Lipinski definition) is 2. The second-order valence-corrected chi connectivity index (χ2v) is 8.13. The number of aliphatic imine (C=N–C) groups is 1. The Hall–Kier alpha value is -3.72. The van der Waals surface area contributed by atoms with Crippen molar-refractivity contribution in [3.63, 3.8) is 0 Å². The van der Waals surface area contributed by atoms with Gasteiger partial charge in [-0.25, -0.2) is 9.18 Å². The van der Waals surface area contributed by atoms with Gasteiger partial charge in [-0.1, -0.05) is 38.1 Å². The molecule has 0 saturated heterocycles. The Kier molecular flexibility index (Phi) is 8.37. The summed E-state index contributed by atoms with van der Waals surface area (Å²) in [7, 11) is 1.50. The number of aromatic nitrogens is 2. The zero-order chi connectivity index (χ0) is 24.7. The summed E-state index contributed by atoms with van der Waals surface area (Å²) in [4.78, 5) is 30.1. The first-order valence-corrected chi connectivity index (χ1v) is 11.0. The molecule has 0 fully saturated rings. The molecule has 0 radical (unpaired) electrons. The third-order valence-electron chi connectivity index (χ3n) is 5.35. The number of nitrogens with one attached hydrogen (secondary N) is 1. The minimum absolute atomic E-state index is 0.0654. The third kappa shape index (κ3) is 5.99. The van der Waals surface area contributed by atoms with Crippen molar-refractivity contribution in [1.29, 1.82) is 0 Å². The van der Waals surface area contributed by atoms with Crippen LogP contribution in [-0.4, -0.2) is 27.2 Å². The lowest BCUT2D eigenvalue weighted by Crippen LogP contribution is -2.40. The van der Waals surface area contributed by atoms with Gasteiger partial charge in [0.2, 0.25) is 0 Å². The molecule has 0 aliphatic heterocycles. The average Bonchev–Trinajstić information content (AvgIpc) is 2.83. The van der Waals surface area contributed by atoms with E-state index in [0.717, 1.165) is 10.1 Å². The van der Waals surface area contributed by atoms with Crippen LogP contribution in [0, 0.1) is 5.82 Å². The van der Waals surface area contributed by atoms with E-state index >= 15 is 0 Å². The van der Waals surface area contributed by atoms with Crippen LogP contribution in [0.5, 0.6) is 5.75 Å². The van der Waals surface area contributed by atoms with Gasteiger partial charge in [0.25, 0.3) is 5.56 Å². The van der Waals surface area contributed by atoms with Crippen molar-refractivity contribution in [3.05, 3.63) is 86.3 Å². The first kappa shape index (κ1) is 24.9. The van der Waals surface area contributed by atoms with E-state index in [2.05, 4.69) is 24.2 Å². The predicted octanol–water partition coefficient (Wildman–Crippen LogP) is 3.54. The van der Waals surface area contributed by atoms with E-state index in [1.165, 1.54) is 35.7 Å². The highest BCUT2D eigenvalue weighted by atomic mass is 19.1. The highest BCUT2D eigenvalue weighted by Crippen LogP contribution is 2.21. The summed E-state index contributed by atoms with van der Waals surface area (Å²) in [6.07, 6.45) is 1.43. The number of halogens is 1. The monoisotopic (exact) mass is 468 g/mol. The van der Waals surface area contributed by atoms with E-state index in [0.29, 0.717) is 11.7 Å². The van der Waals surface area contributed by atoms with Crippen LogP contribution in [0.2, 0.25) is 0 Å². The molecule has 34 heavy (non-hydrogen) atoms. The van der Waals surface area contributed by atoms with Gasteiger partial charge in [0.15, 0.2) is 12.2 Å². The molecule has 0 aliphatic rings. The zero-order valence-electron chi connectivity index (χ0n) is 19.5. The number of nitrogens with zero attached hydrogens (tertiary/aromatic N) is 3. The van der Waals surface area contributed by atoms with Crippen LogP contribution in [0.15, 0.2) is 63.1 Å². The molecule has 0 spiro atoms. The molecular formula is C25H29FN4O4. The molecule has 0 atom stereocenters. The fourth-order valence-corrected chi connectivity index (χ4v) is 3.35. The second kappa shape index (κ2) is 11.4. The lowest BCUT2D eigenvalue weighted by molar-refractivity contribution is 0.277. The van der Waals surface area contributed by atoms with Crippen molar-refractivity contribution in [2.24, 2.45) is 12.0 Å². The van der Waals surface area contributed by atoms with Crippen LogP contribution in [-0.2, 0) is 20.1 Å². The van der Waals surface area contributed by atoms with Gasteiger partial charge in [-0.2, -0.15) is 4.99 Å². The molecule has 0 amide bonds. The van der Waals surface area contributed by atoms with Crippen molar-refractivity contribution >= 4 is 17.9 Å². The molecule has 3 aromatic rings. The first-order chi connectivity index (χ1) is 16.3. The van der Waals surface area contributed by atoms with Crippen LogP contribution in [0.1, 0.15) is 37.3 Å². The Labute approximate surface area is 197 Å². The maximum atomic E-state index is 13.2. The number of aliphatic hydroxyl groups excluding tert-OH is 1. The largest absolute Gasteiger partial charge is 0.446 e. The van der Waals surface area contributed by atoms with Gasteiger partial charge in [-0.05, 0) is 47.7 Å². The molecule has 0 saturated carbocycles. The van der Waals surface area contributed by atoms with Crippen LogP contribution >= 0.6 is 0 Å². The molecular weight excluding hydrogens is 439 g/mol. The van der Waals surface area contributed by atoms with Gasteiger partial charge >= 0.3 is 5.69 Å². The van der Waals surface area contributed by atoms with Crippen molar-refractivity contribution < 1.29 is 14.2 Å². The number of benzene rings is 2. The molecule has 1 aromatic heterocycles. The van der Waals surface area contributed by atoms with Crippen LogP contribution < -0.4 is 21.3 Å². The standard InChI is InChI=1S/C25H29FN4O4/c1-17(2)19-7-11-21(12-8-19)34-16-28-23-22(27-15-18-5-9-20(26)10-6-18)24(32)30(13-4-14-31)25(33)29(23)3/h5-12,16-17,27,31H,4,13-15H2,1-3H3/b28-16+. The Bertz CT molecular complexity index is 1250. The van der Waals surface area contributed by atoms with Crippen LogP contribution in [0.25, 0.3) is 0 Å². The Morgan fingerprint density at radius 1 is 1.12 bits per heavy atom. The van der Waals surface area contributed by atoms with Crippen LogP contribution in [0.3, 0.4) is 0 Å². The highest BCUT2D eigenvalue weighted by Gasteiger charge is 2.17. The van der Waals surface area contributed by atoms with Crippen molar-refractivity contribution in [2.75, 3.05) is 11.9 Å². The SMILES string of the molecule is CC(C)c1ccc(O/C=N/c2c(NCc3ccc(F)cc3)c(=O)n(CCCO)c(=O)n2C)cc1. The van der Waals surface area contributed by atoms with E-state index < -0.39 is 11.2 Å². The summed E-state index contributed by atoms with van der Waals surface area (Å²) in [6, 6.07) is 13.4. The predicted molar refractivity (Wildman–Crippen MR) is 131 cm³/mol.